The van der Waals surface area contributed by atoms with Gasteiger partial charge in [-0.25, -0.2) is 0 Å². The SMILES string of the molecule is O=C1CCC(C(=O)OC2CCC3OC3C2)CC1=O. The van der Waals surface area contributed by atoms with E-state index in [2.05, 4.69) is 0 Å². The molecule has 2 saturated carbocycles. The summed E-state index contributed by atoms with van der Waals surface area (Å²) in [6, 6.07) is 0. The molecular formula is C13H16O5. The Morgan fingerprint density at radius 2 is 1.94 bits per heavy atom. The molecular weight excluding hydrogens is 236 g/mol. The molecule has 5 nitrogen and oxygen atoms in total. The first-order valence-electron chi connectivity index (χ1n) is 6.55. The maximum absolute atomic E-state index is 11.9. The number of carbonyl (C=O) groups excluding carboxylic acids is 3. The van der Waals surface area contributed by atoms with Gasteiger partial charge in [-0.05, 0) is 19.3 Å². The standard InChI is InChI=1S/C13H16O5/c14-9-3-1-7(5-10(9)15)13(16)17-8-2-4-11-12(6-8)18-11/h7-8,11-12H,1-6H2. The van der Waals surface area contributed by atoms with Gasteiger partial charge in [0.05, 0.1) is 18.1 Å². The molecule has 3 aliphatic rings. The molecule has 0 amide bonds. The summed E-state index contributed by atoms with van der Waals surface area (Å²) in [5, 5.41) is 0. The van der Waals surface area contributed by atoms with E-state index < -0.39 is 11.7 Å². The monoisotopic (exact) mass is 252 g/mol. The summed E-state index contributed by atoms with van der Waals surface area (Å²) in [7, 11) is 0. The van der Waals surface area contributed by atoms with Crippen LogP contribution in [0.1, 0.15) is 38.5 Å². The highest BCUT2D eigenvalue weighted by Crippen LogP contribution is 2.38. The summed E-state index contributed by atoms with van der Waals surface area (Å²) in [6.45, 7) is 0. The number of rotatable bonds is 2. The van der Waals surface area contributed by atoms with Gasteiger partial charge < -0.3 is 9.47 Å². The van der Waals surface area contributed by atoms with E-state index in [0.29, 0.717) is 12.5 Å². The van der Waals surface area contributed by atoms with Crippen LogP contribution in [0.15, 0.2) is 0 Å². The van der Waals surface area contributed by atoms with Gasteiger partial charge in [0, 0.05) is 19.3 Å². The summed E-state index contributed by atoms with van der Waals surface area (Å²) < 4.78 is 10.8. The Morgan fingerprint density at radius 3 is 2.67 bits per heavy atom. The molecule has 0 spiro atoms. The Balaban J connectivity index is 1.51. The number of hydrogen-bond donors (Lipinski definition) is 0. The molecule has 0 aromatic heterocycles. The van der Waals surface area contributed by atoms with Gasteiger partial charge in [0.25, 0.3) is 0 Å². The summed E-state index contributed by atoms with van der Waals surface area (Å²) >= 11 is 0. The van der Waals surface area contributed by atoms with Gasteiger partial charge in [-0.3, -0.25) is 14.4 Å². The molecule has 1 heterocycles. The molecule has 0 aromatic rings. The minimum atomic E-state index is -0.433. The predicted molar refractivity (Wildman–Crippen MR) is 59.7 cm³/mol. The van der Waals surface area contributed by atoms with Crippen molar-refractivity contribution in [3.8, 4) is 0 Å². The van der Waals surface area contributed by atoms with Crippen molar-refractivity contribution in [1.82, 2.24) is 0 Å². The number of carbonyl (C=O) groups is 3. The van der Waals surface area contributed by atoms with Crippen molar-refractivity contribution in [1.29, 1.82) is 0 Å². The Kier molecular flexibility index (Phi) is 2.93. The fourth-order valence-corrected chi connectivity index (χ4v) is 2.82. The van der Waals surface area contributed by atoms with E-state index in [-0.39, 0.29) is 36.8 Å². The highest BCUT2D eigenvalue weighted by atomic mass is 16.6. The third-order valence-corrected chi connectivity index (χ3v) is 4.03. The van der Waals surface area contributed by atoms with Crippen molar-refractivity contribution in [3.05, 3.63) is 0 Å². The largest absolute Gasteiger partial charge is 0.462 e. The molecule has 0 aromatic carbocycles. The zero-order valence-corrected chi connectivity index (χ0v) is 10.1. The van der Waals surface area contributed by atoms with Crippen LogP contribution in [0.3, 0.4) is 0 Å². The molecule has 0 bridgehead atoms. The number of fused-ring (bicyclic) bond motifs is 1. The number of ketones is 2. The summed E-state index contributed by atoms with van der Waals surface area (Å²) in [6.07, 6.45) is 3.78. The molecule has 0 N–H and O–H groups in total. The van der Waals surface area contributed by atoms with Gasteiger partial charge in [0.15, 0.2) is 11.6 Å². The Hall–Kier alpha value is -1.23. The van der Waals surface area contributed by atoms with Crippen molar-refractivity contribution in [2.45, 2.75) is 56.8 Å². The first kappa shape index (κ1) is 11.8. The van der Waals surface area contributed by atoms with E-state index in [1.807, 2.05) is 0 Å². The van der Waals surface area contributed by atoms with Gasteiger partial charge in [0.2, 0.25) is 0 Å². The summed E-state index contributed by atoms with van der Waals surface area (Å²) in [5.74, 6) is -1.53. The lowest BCUT2D eigenvalue weighted by atomic mass is 9.87. The zero-order chi connectivity index (χ0) is 12.7. The van der Waals surface area contributed by atoms with Crippen LogP contribution in [-0.4, -0.2) is 35.8 Å². The molecule has 98 valence electrons. The van der Waals surface area contributed by atoms with Crippen molar-refractivity contribution >= 4 is 17.5 Å². The lowest BCUT2D eigenvalue weighted by Crippen LogP contribution is -2.33. The lowest BCUT2D eigenvalue weighted by molar-refractivity contribution is -0.158. The number of esters is 1. The van der Waals surface area contributed by atoms with Gasteiger partial charge >= 0.3 is 5.97 Å². The van der Waals surface area contributed by atoms with Crippen LogP contribution in [-0.2, 0) is 23.9 Å². The quantitative estimate of drug-likeness (QED) is 0.412. The topological polar surface area (TPSA) is 73.0 Å². The molecule has 5 heteroatoms. The van der Waals surface area contributed by atoms with Crippen molar-refractivity contribution in [2.24, 2.45) is 5.92 Å². The molecule has 2 aliphatic carbocycles. The van der Waals surface area contributed by atoms with Gasteiger partial charge in [-0.15, -0.1) is 0 Å². The minimum Gasteiger partial charge on any atom is -0.462 e. The Bertz CT molecular complexity index is 402. The molecule has 4 unspecified atom stereocenters. The van der Waals surface area contributed by atoms with Gasteiger partial charge in [-0.1, -0.05) is 0 Å². The van der Waals surface area contributed by atoms with Gasteiger partial charge in [0.1, 0.15) is 6.10 Å². The van der Waals surface area contributed by atoms with Crippen LogP contribution < -0.4 is 0 Å². The third-order valence-electron chi connectivity index (χ3n) is 4.03. The summed E-state index contributed by atoms with van der Waals surface area (Å²) in [5.41, 5.74) is 0. The molecule has 1 aliphatic heterocycles. The Labute approximate surface area is 105 Å². The zero-order valence-electron chi connectivity index (χ0n) is 10.1. The molecule has 3 rings (SSSR count). The molecule has 18 heavy (non-hydrogen) atoms. The highest BCUT2D eigenvalue weighted by molar-refractivity contribution is 6.38. The second-order valence-corrected chi connectivity index (χ2v) is 5.37. The van der Waals surface area contributed by atoms with Crippen LogP contribution in [0.2, 0.25) is 0 Å². The number of hydrogen-bond acceptors (Lipinski definition) is 5. The van der Waals surface area contributed by atoms with E-state index in [9.17, 15) is 14.4 Å². The molecule has 3 fully saturated rings. The minimum absolute atomic E-state index is 0.0208. The smallest absolute Gasteiger partial charge is 0.309 e. The fraction of sp³-hybridized carbons (Fsp3) is 0.769. The van der Waals surface area contributed by atoms with Crippen LogP contribution in [0, 0.1) is 5.92 Å². The molecule has 0 radical (unpaired) electrons. The first-order valence-corrected chi connectivity index (χ1v) is 6.55. The average molecular weight is 252 g/mol. The van der Waals surface area contributed by atoms with E-state index in [1.54, 1.807) is 0 Å². The lowest BCUT2D eigenvalue weighted by Gasteiger charge is -2.24. The van der Waals surface area contributed by atoms with Crippen LogP contribution in [0.25, 0.3) is 0 Å². The second kappa shape index (κ2) is 4.46. The number of epoxide rings is 1. The first-order chi connectivity index (χ1) is 8.63. The third kappa shape index (κ3) is 2.32. The maximum Gasteiger partial charge on any atom is 0.309 e. The normalized spacial score (nSPS) is 39.1. The van der Waals surface area contributed by atoms with E-state index in [0.717, 1.165) is 19.3 Å². The van der Waals surface area contributed by atoms with E-state index >= 15 is 0 Å². The summed E-state index contributed by atoms with van der Waals surface area (Å²) in [4.78, 5) is 34.3. The van der Waals surface area contributed by atoms with Crippen molar-refractivity contribution in [3.63, 3.8) is 0 Å². The number of Topliss-reactive ketones (excluding diaryl/α,β-unsaturated/α-hetero) is 2. The van der Waals surface area contributed by atoms with E-state index in [4.69, 9.17) is 9.47 Å². The Morgan fingerprint density at radius 1 is 1.11 bits per heavy atom. The van der Waals surface area contributed by atoms with E-state index in [1.165, 1.54) is 0 Å². The average Bonchev–Trinajstić information content (AvgIpc) is 3.11. The second-order valence-electron chi connectivity index (χ2n) is 5.37. The fourth-order valence-electron chi connectivity index (χ4n) is 2.82. The van der Waals surface area contributed by atoms with Crippen LogP contribution >= 0.6 is 0 Å². The van der Waals surface area contributed by atoms with Crippen LogP contribution in [0.4, 0.5) is 0 Å². The van der Waals surface area contributed by atoms with Gasteiger partial charge in [-0.2, -0.15) is 0 Å². The highest BCUT2D eigenvalue weighted by Gasteiger charge is 2.45. The van der Waals surface area contributed by atoms with Crippen molar-refractivity contribution in [2.75, 3.05) is 0 Å². The predicted octanol–water partition coefficient (Wildman–Crippen LogP) is 0.788. The van der Waals surface area contributed by atoms with Crippen LogP contribution in [0.5, 0.6) is 0 Å². The molecule has 1 saturated heterocycles. The maximum atomic E-state index is 11.9. The number of ether oxygens (including phenoxy) is 2. The van der Waals surface area contributed by atoms with Crippen molar-refractivity contribution < 1.29 is 23.9 Å². The molecule has 4 atom stereocenters.